The van der Waals surface area contributed by atoms with Crippen molar-refractivity contribution in [3.63, 3.8) is 0 Å². The number of nitrogens with one attached hydrogen (secondary N) is 1. The number of aryl methyl sites for hydroxylation is 1. The fraction of sp³-hybridized carbons (Fsp3) is 0.0417. The molecule has 0 atom stereocenters. The first-order valence-corrected chi connectivity index (χ1v) is 9.57. The van der Waals surface area contributed by atoms with Gasteiger partial charge in [0.2, 0.25) is 0 Å². The Kier molecular flexibility index (Phi) is 4.29. The predicted molar refractivity (Wildman–Crippen MR) is 117 cm³/mol. The molecule has 152 valence electrons. The first-order chi connectivity index (χ1) is 15.0. The van der Waals surface area contributed by atoms with Gasteiger partial charge in [0.15, 0.2) is 5.76 Å². The van der Waals surface area contributed by atoms with Crippen LogP contribution < -0.4 is 5.32 Å². The summed E-state index contributed by atoms with van der Waals surface area (Å²) in [7, 11) is 0. The van der Waals surface area contributed by atoms with E-state index in [-0.39, 0.29) is 11.4 Å². The average molecular weight is 412 g/mol. The lowest BCUT2D eigenvalue weighted by molar-refractivity contribution is -0.384. The Morgan fingerprint density at radius 1 is 0.903 bits per heavy atom. The van der Waals surface area contributed by atoms with Crippen LogP contribution in [0.1, 0.15) is 16.1 Å². The summed E-state index contributed by atoms with van der Waals surface area (Å²) in [6, 6.07) is 21.0. The molecule has 0 unspecified atom stereocenters. The summed E-state index contributed by atoms with van der Waals surface area (Å²) in [6.07, 6.45) is 0. The maximum absolute atomic E-state index is 12.7. The van der Waals surface area contributed by atoms with E-state index in [1.165, 1.54) is 12.1 Å². The van der Waals surface area contributed by atoms with Gasteiger partial charge in [-0.2, -0.15) is 0 Å². The number of nitro groups is 1. The van der Waals surface area contributed by atoms with Crippen molar-refractivity contribution in [3.05, 3.63) is 94.2 Å². The maximum atomic E-state index is 12.7. The van der Waals surface area contributed by atoms with Crippen LogP contribution in [0.3, 0.4) is 0 Å². The number of rotatable bonds is 4. The van der Waals surface area contributed by atoms with Gasteiger partial charge in [-0.1, -0.05) is 18.2 Å². The fourth-order valence-corrected chi connectivity index (χ4v) is 3.64. The summed E-state index contributed by atoms with van der Waals surface area (Å²) >= 11 is 0. The molecule has 5 rings (SSSR count). The van der Waals surface area contributed by atoms with Crippen molar-refractivity contribution >= 4 is 39.2 Å². The first-order valence-electron chi connectivity index (χ1n) is 9.57. The van der Waals surface area contributed by atoms with Gasteiger partial charge in [-0.25, -0.2) is 0 Å². The number of hydrogen-bond donors (Lipinski definition) is 1. The molecule has 0 aliphatic rings. The molecule has 2 heterocycles. The molecule has 0 saturated heterocycles. The van der Waals surface area contributed by atoms with Crippen LogP contribution in [-0.2, 0) is 0 Å². The van der Waals surface area contributed by atoms with E-state index in [0.29, 0.717) is 28.2 Å². The summed E-state index contributed by atoms with van der Waals surface area (Å²) in [5, 5.41) is 15.7. The van der Waals surface area contributed by atoms with Crippen molar-refractivity contribution in [3.8, 4) is 11.3 Å². The number of anilines is 1. The molecule has 7 heteroatoms. The van der Waals surface area contributed by atoms with Gasteiger partial charge in [0, 0.05) is 40.2 Å². The molecule has 5 aromatic rings. The molecule has 31 heavy (non-hydrogen) atoms. The van der Waals surface area contributed by atoms with Crippen molar-refractivity contribution in [2.45, 2.75) is 6.92 Å². The van der Waals surface area contributed by atoms with Crippen LogP contribution in [0.4, 0.5) is 11.4 Å². The van der Waals surface area contributed by atoms with E-state index in [2.05, 4.69) is 5.32 Å². The molecule has 3 aromatic carbocycles. The van der Waals surface area contributed by atoms with Gasteiger partial charge in [-0.15, -0.1) is 0 Å². The highest BCUT2D eigenvalue weighted by molar-refractivity contribution is 6.08. The number of fused-ring (bicyclic) bond motifs is 3. The molecular formula is C24H16N2O5. The second-order valence-corrected chi connectivity index (χ2v) is 7.18. The highest BCUT2D eigenvalue weighted by Gasteiger charge is 2.16. The zero-order chi connectivity index (χ0) is 21.5. The van der Waals surface area contributed by atoms with Crippen molar-refractivity contribution < 1.29 is 18.6 Å². The monoisotopic (exact) mass is 412 g/mol. The van der Waals surface area contributed by atoms with Gasteiger partial charge in [0.25, 0.3) is 11.6 Å². The van der Waals surface area contributed by atoms with E-state index >= 15 is 0 Å². The normalized spacial score (nSPS) is 11.1. The first kappa shape index (κ1) is 18.6. The quantitative estimate of drug-likeness (QED) is 0.275. The number of hydrogen-bond acceptors (Lipinski definition) is 5. The van der Waals surface area contributed by atoms with E-state index in [1.54, 1.807) is 31.2 Å². The highest BCUT2D eigenvalue weighted by Crippen LogP contribution is 2.31. The minimum absolute atomic E-state index is 0.00625. The van der Waals surface area contributed by atoms with Crippen molar-refractivity contribution in [1.82, 2.24) is 0 Å². The van der Waals surface area contributed by atoms with E-state index in [9.17, 15) is 14.9 Å². The summed E-state index contributed by atoms with van der Waals surface area (Å²) in [6.45, 7) is 1.76. The Hall–Kier alpha value is -4.39. The topological polar surface area (TPSA) is 98.5 Å². The van der Waals surface area contributed by atoms with Crippen LogP contribution in [0.15, 0.2) is 81.6 Å². The summed E-state index contributed by atoms with van der Waals surface area (Å²) in [5.74, 6) is 0.198. The Balaban J connectivity index is 1.39. The molecule has 0 bridgehead atoms. The van der Waals surface area contributed by atoms with Gasteiger partial charge >= 0.3 is 0 Å². The number of carbonyl (C=O) groups excluding carboxylic acids is 1. The third-order valence-corrected chi connectivity index (χ3v) is 5.15. The molecule has 0 saturated carbocycles. The van der Waals surface area contributed by atoms with Crippen molar-refractivity contribution in [1.29, 1.82) is 0 Å². The molecule has 1 amide bonds. The van der Waals surface area contributed by atoms with Gasteiger partial charge < -0.3 is 14.2 Å². The van der Waals surface area contributed by atoms with E-state index in [4.69, 9.17) is 8.83 Å². The Labute approximate surface area is 176 Å². The molecule has 0 fully saturated rings. The standard InChI is InChI=1S/C24H16N2O5/c1-14-12-16(26(28)29)7-9-17(14)21-10-11-22(30-21)24(27)25-15-6-8-19-18-4-2-3-5-20(18)31-23(19)13-15/h2-13H,1H3,(H,25,27). The molecule has 1 N–H and O–H groups in total. The van der Waals surface area contributed by atoms with E-state index < -0.39 is 10.8 Å². The van der Waals surface area contributed by atoms with Gasteiger partial charge in [-0.3, -0.25) is 14.9 Å². The van der Waals surface area contributed by atoms with Crippen molar-refractivity contribution in [2.24, 2.45) is 0 Å². The lowest BCUT2D eigenvalue weighted by Gasteiger charge is -2.04. The third kappa shape index (κ3) is 3.32. The third-order valence-electron chi connectivity index (χ3n) is 5.15. The molecule has 0 radical (unpaired) electrons. The zero-order valence-corrected chi connectivity index (χ0v) is 16.4. The Morgan fingerprint density at radius 2 is 1.71 bits per heavy atom. The van der Waals surface area contributed by atoms with Crippen LogP contribution in [-0.4, -0.2) is 10.8 Å². The van der Waals surface area contributed by atoms with Crippen molar-refractivity contribution in [2.75, 3.05) is 5.32 Å². The summed E-state index contributed by atoms with van der Waals surface area (Å²) in [4.78, 5) is 23.1. The highest BCUT2D eigenvalue weighted by atomic mass is 16.6. The number of benzene rings is 3. The smallest absolute Gasteiger partial charge is 0.291 e. The molecular weight excluding hydrogens is 396 g/mol. The zero-order valence-electron chi connectivity index (χ0n) is 16.4. The van der Waals surface area contributed by atoms with Crippen LogP contribution in [0.2, 0.25) is 0 Å². The second kappa shape index (κ2) is 7.14. The number of furan rings is 2. The lowest BCUT2D eigenvalue weighted by atomic mass is 10.1. The minimum Gasteiger partial charge on any atom is -0.456 e. The number of carbonyl (C=O) groups is 1. The number of amides is 1. The average Bonchev–Trinajstić information content (AvgIpc) is 3.38. The van der Waals surface area contributed by atoms with Gasteiger partial charge in [0.05, 0.1) is 4.92 Å². The molecule has 7 nitrogen and oxygen atoms in total. The van der Waals surface area contributed by atoms with Gasteiger partial charge in [-0.05, 0) is 48.9 Å². The Bertz CT molecular complexity index is 1480. The number of para-hydroxylation sites is 1. The summed E-state index contributed by atoms with van der Waals surface area (Å²) < 4.78 is 11.6. The largest absolute Gasteiger partial charge is 0.456 e. The summed E-state index contributed by atoms with van der Waals surface area (Å²) in [5.41, 5.74) is 3.43. The number of nitrogens with zero attached hydrogens (tertiary/aromatic N) is 1. The second-order valence-electron chi connectivity index (χ2n) is 7.18. The van der Waals surface area contributed by atoms with Crippen LogP contribution in [0.25, 0.3) is 33.3 Å². The SMILES string of the molecule is Cc1cc([N+](=O)[O-])ccc1-c1ccc(C(=O)Nc2ccc3c(c2)oc2ccccc23)o1. The van der Waals surface area contributed by atoms with E-state index in [1.807, 2.05) is 36.4 Å². The molecule has 2 aromatic heterocycles. The molecule has 0 spiro atoms. The fourth-order valence-electron chi connectivity index (χ4n) is 3.64. The maximum Gasteiger partial charge on any atom is 0.291 e. The molecule has 0 aliphatic carbocycles. The number of nitro benzene ring substituents is 1. The minimum atomic E-state index is -0.448. The predicted octanol–water partition coefficient (Wildman–Crippen LogP) is 6.31. The lowest BCUT2D eigenvalue weighted by Crippen LogP contribution is -2.10. The number of non-ortho nitro benzene ring substituents is 1. The van der Waals surface area contributed by atoms with Crippen LogP contribution in [0, 0.1) is 17.0 Å². The Morgan fingerprint density at radius 3 is 2.52 bits per heavy atom. The van der Waals surface area contributed by atoms with E-state index in [0.717, 1.165) is 16.4 Å². The molecule has 0 aliphatic heterocycles. The van der Waals surface area contributed by atoms with Crippen LogP contribution >= 0.6 is 0 Å². The van der Waals surface area contributed by atoms with Crippen LogP contribution in [0.5, 0.6) is 0 Å². The van der Waals surface area contributed by atoms with Gasteiger partial charge in [0.1, 0.15) is 16.9 Å².